The van der Waals surface area contributed by atoms with E-state index in [1.165, 1.54) is 0 Å². The average molecular weight is 432 g/mol. The van der Waals surface area contributed by atoms with E-state index in [1.807, 2.05) is 27.7 Å². The lowest BCUT2D eigenvalue weighted by molar-refractivity contribution is -0.221. The highest BCUT2D eigenvalue weighted by Gasteiger charge is 2.67. The summed E-state index contributed by atoms with van der Waals surface area (Å²) in [4.78, 5) is 14.0. The van der Waals surface area contributed by atoms with Crippen LogP contribution in [0.4, 0.5) is 0 Å². The normalized spacial score (nSPS) is 18.8. The fourth-order valence-corrected chi connectivity index (χ4v) is 6.12. The topological polar surface area (TPSA) is 108 Å². The van der Waals surface area contributed by atoms with Gasteiger partial charge in [-0.2, -0.15) is 0 Å². The first-order valence-electron chi connectivity index (χ1n) is 11.3. The highest BCUT2D eigenvalue weighted by Crippen LogP contribution is 2.61. The van der Waals surface area contributed by atoms with E-state index in [4.69, 9.17) is 9.47 Å². The largest absolute Gasteiger partial charge is 0.464 e. The van der Waals surface area contributed by atoms with Crippen LogP contribution in [0.25, 0.3) is 0 Å². The van der Waals surface area contributed by atoms with E-state index in [1.54, 1.807) is 0 Å². The molecule has 1 aliphatic heterocycles. The molecule has 1 unspecified atom stereocenters. The van der Waals surface area contributed by atoms with E-state index >= 15 is 0 Å². The second kappa shape index (κ2) is 10.7. The third kappa shape index (κ3) is 4.29. The first kappa shape index (κ1) is 27.3. The third-order valence-electron chi connectivity index (χ3n) is 7.45. The summed E-state index contributed by atoms with van der Waals surface area (Å²) < 4.78 is 12.0. The van der Waals surface area contributed by atoms with E-state index in [0.717, 1.165) is 6.54 Å². The summed E-state index contributed by atoms with van der Waals surface area (Å²) in [5.74, 6) is -0.292. The number of ether oxygens (including phenoxy) is 2. The van der Waals surface area contributed by atoms with Crippen LogP contribution in [-0.2, 0) is 14.3 Å². The number of esters is 1. The summed E-state index contributed by atoms with van der Waals surface area (Å²) in [6, 6.07) is 0. The molecule has 0 spiro atoms. The molecule has 1 heterocycles. The Hall–Kier alpha value is -0.730. The average Bonchev–Trinajstić information content (AvgIpc) is 3.20. The molecular formula is C23H45NO6. The smallest absolute Gasteiger partial charge is 0.313 e. The van der Waals surface area contributed by atoms with Crippen LogP contribution in [-0.4, -0.2) is 67.1 Å². The molecule has 0 radical (unpaired) electrons. The Labute approximate surface area is 182 Å². The molecule has 1 fully saturated rings. The fraction of sp³-hybridized carbons (Fsp3) is 0.957. The number of aliphatic hydroxyl groups is 3. The van der Waals surface area contributed by atoms with Gasteiger partial charge in [0.15, 0.2) is 0 Å². The Kier molecular flexibility index (Phi) is 9.76. The second-order valence-corrected chi connectivity index (χ2v) is 10.2. The summed E-state index contributed by atoms with van der Waals surface area (Å²) in [5.41, 5.74) is -2.73. The van der Waals surface area contributed by atoms with Crippen molar-refractivity contribution in [2.24, 2.45) is 39.9 Å². The molecule has 0 saturated carbocycles. The van der Waals surface area contributed by atoms with Crippen LogP contribution in [0, 0.1) is 39.9 Å². The standard InChI is InChI=1S/C23H45NO6/c1-15(2)22(16(3)4,19-24-9-10-29-19)23(17(5)6,18(7)8)20(28)30-14-21(11-25,12-26)13-27/h15-19,24-27H,9-14H2,1-8H3. The van der Waals surface area contributed by atoms with Gasteiger partial charge in [0.05, 0.1) is 37.3 Å². The number of hydrogen-bond acceptors (Lipinski definition) is 7. The molecule has 0 bridgehead atoms. The Morgan fingerprint density at radius 2 is 1.40 bits per heavy atom. The van der Waals surface area contributed by atoms with Crippen LogP contribution in [0.5, 0.6) is 0 Å². The molecule has 1 atom stereocenters. The van der Waals surface area contributed by atoms with Crippen molar-refractivity contribution in [2.45, 2.75) is 61.6 Å². The maximum Gasteiger partial charge on any atom is 0.313 e. The molecule has 0 aromatic rings. The fourth-order valence-electron chi connectivity index (χ4n) is 6.12. The SMILES string of the molecule is CC(C)C(C(=O)OCC(CO)(CO)CO)(C(C)C)C(C(C)C)(C(C)C)C1NCCO1. The van der Waals surface area contributed by atoms with E-state index in [2.05, 4.69) is 33.0 Å². The van der Waals surface area contributed by atoms with Crippen LogP contribution in [0.3, 0.4) is 0 Å². The minimum atomic E-state index is -1.27. The lowest BCUT2D eigenvalue weighted by Gasteiger charge is -2.60. The van der Waals surface area contributed by atoms with Crippen molar-refractivity contribution >= 4 is 5.97 Å². The summed E-state index contributed by atoms with van der Waals surface area (Å²) >= 11 is 0. The highest BCUT2D eigenvalue weighted by molar-refractivity contribution is 5.79. The van der Waals surface area contributed by atoms with Gasteiger partial charge in [-0.05, 0) is 23.7 Å². The molecule has 7 heteroatoms. The number of aliphatic hydroxyl groups excluding tert-OH is 3. The predicted molar refractivity (Wildman–Crippen MR) is 117 cm³/mol. The van der Waals surface area contributed by atoms with Crippen LogP contribution in [0.1, 0.15) is 55.4 Å². The van der Waals surface area contributed by atoms with Crippen LogP contribution >= 0.6 is 0 Å². The maximum atomic E-state index is 14.0. The first-order chi connectivity index (χ1) is 13.9. The van der Waals surface area contributed by atoms with Gasteiger partial charge in [0.25, 0.3) is 0 Å². The van der Waals surface area contributed by atoms with Gasteiger partial charge in [0, 0.05) is 12.0 Å². The van der Waals surface area contributed by atoms with Gasteiger partial charge in [-0.25, -0.2) is 0 Å². The number of carbonyl (C=O) groups excluding carboxylic acids is 1. The van der Waals surface area contributed by atoms with Crippen molar-refractivity contribution in [3.63, 3.8) is 0 Å². The Balaban J connectivity index is 3.63. The minimum absolute atomic E-state index is 0.0624. The van der Waals surface area contributed by atoms with E-state index in [0.29, 0.717) is 6.61 Å². The zero-order valence-electron chi connectivity index (χ0n) is 20.2. The van der Waals surface area contributed by atoms with Gasteiger partial charge in [0.1, 0.15) is 12.8 Å². The minimum Gasteiger partial charge on any atom is -0.464 e. The van der Waals surface area contributed by atoms with Crippen LogP contribution < -0.4 is 5.32 Å². The molecule has 1 rings (SSSR count). The van der Waals surface area contributed by atoms with Crippen molar-refractivity contribution in [3.05, 3.63) is 0 Å². The summed E-state index contributed by atoms with van der Waals surface area (Å²) in [7, 11) is 0. The molecule has 0 aromatic carbocycles. The third-order valence-corrected chi connectivity index (χ3v) is 7.45. The van der Waals surface area contributed by atoms with Crippen molar-refractivity contribution in [2.75, 3.05) is 39.6 Å². The molecule has 0 aromatic heterocycles. The highest BCUT2D eigenvalue weighted by atomic mass is 16.5. The van der Waals surface area contributed by atoms with E-state index in [-0.39, 0.29) is 42.5 Å². The van der Waals surface area contributed by atoms with Crippen LogP contribution in [0.15, 0.2) is 0 Å². The van der Waals surface area contributed by atoms with E-state index in [9.17, 15) is 20.1 Å². The zero-order valence-corrected chi connectivity index (χ0v) is 20.2. The summed E-state index contributed by atoms with van der Waals surface area (Å²) in [6.45, 7) is 16.4. The van der Waals surface area contributed by atoms with Crippen molar-refractivity contribution in [3.8, 4) is 0 Å². The monoisotopic (exact) mass is 431 g/mol. The van der Waals surface area contributed by atoms with Crippen molar-refractivity contribution in [1.29, 1.82) is 0 Å². The molecule has 4 N–H and O–H groups in total. The van der Waals surface area contributed by atoms with Crippen LogP contribution in [0.2, 0.25) is 0 Å². The molecule has 0 aliphatic carbocycles. The van der Waals surface area contributed by atoms with Crippen molar-refractivity contribution in [1.82, 2.24) is 5.32 Å². The second-order valence-electron chi connectivity index (χ2n) is 10.2. The summed E-state index contributed by atoms with van der Waals surface area (Å²) in [6.07, 6.45) is -0.298. The lowest BCUT2D eigenvalue weighted by atomic mass is 9.45. The Morgan fingerprint density at radius 3 is 1.70 bits per heavy atom. The van der Waals surface area contributed by atoms with Crippen molar-refractivity contribution < 1.29 is 29.6 Å². The van der Waals surface area contributed by atoms with Gasteiger partial charge in [-0.3, -0.25) is 10.1 Å². The number of hydrogen-bond donors (Lipinski definition) is 4. The number of rotatable bonds is 12. The van der Waals surface area contributed by atoms with E-state index < -0.39 is 36.1 Å². The number of nitrogens with one attached hydrogen (secondary N) is 1. The quantitative estimate of drug-likeness (QED) is 0.350. The van der Waals surface area contributed by atoms with Gasteiger partial charge >= 0.3 is 5.97 Å². The Bertz CT molecular complexity index is 512. The molecule has 1 aliphatic rings. The molecule has 1 saturated heterocycles. The predicted octanol–water partition coefficient (Wildman–Crippen LogP) is 2.04. The van der Waals surface area contributed by atoms with Gasteiger partial charge in [-0.1, -0.05) is 55.4 Å². The zero-order chi connectivity index (χ0) is 23.3. The summed E-state index contributed by atoms with van der Waals surface area (Å²) in [5, 5.41) is 32.5. The molecule has 178 valence electrons. The maximum absolute atomic E-state index is 14.0. The Morgan fingerprint density at radius 1 is 0.933 bits per heavy atom. The molecule has 7 nitrogen and oxygen atoms in total. The molecule has 30 heavy (non-hydrogen) atoms. The van der Waals surface area contributed by atoms with Gasteiger partial charge < -0.3 is 24.8 Å². The first-order valence-corrected chi connectivity index (χ1v) is 11.3. The molecular weight excluding hydrogens is 386 g/mol. The number of carbonyl (C=O) groups is 1. The van der Waals surface area contributed by atoms with Gasteiger partial charge in [0.2, 0.25) is 0 Å². The van der Waals surface area contributed by atoms with Gasteiger partial charge in [-0.15, -0.1) is 0 Å². The molecule has 0 amide bonds. The lowest BCUT2D eigenvalue weighted by Crippen LogP contribution is -2.67.